The number of hydrogen-bond donors (Lipinski definition) is 3. The third-order valence-corrected chi connectivity index (χ3v) is 3.98. The lowest BCUT2D eigenvalue weighted by Gasteiger charge is -2.10. The fourth-order valence-corrected chi connectivity index (χ4v) is 2.72. The molecule has 0 saturated carbocycles. The van der Waals surface area contributed by atoms with Gasteiger partial charge in [-0.2, -0.15) is 5.10 Å². The summed E-state index contributed by atoms with van der Waals surface area (Å²) in [6.45, 7) is 0. The van der Waals surface area contributed by atoms with Gasteiger partial charge in [0, 0.05) is 29.5 Å². The Bertz CT molecular complexity index is 1060. The van der Waals surface area contributed by atoms with Crippen LogP contribution in [0.25, 0.3) is 5.52 Å². The second-order valence-electron chi connectivity index (χ2n) is 5.80. The molecule has 0 spiro atoms. The molecule has 3 N–H and O–H groups in total. The summed E-state index contributed by atoms with van der Waals surface area (Å²) >= 11 is 0. The van der Waals surface area contributed by atoms with Crippen LogP contribution in [0.2, 0.25) is 0 Å². The van der Waals surface area contributed by atoms with Gasteiger partial charge in [0.2, 0.25) is 0 Å². The van der Waals surface area contributed by atoms with E-state index in [1.165, 1.54) is 6.20 Å². The first-order chi connectivity index (χ1) is 12.7. The van der Waals surface area contributed by atoms with Gasteiger partial charge in [0.15, 0.2) is 0 Å². The largest absolute Gasteiger partial charge is 0.478 e. The van der Waals surface area contributed by atoms with Crippen molar-refractivity contribution in [3.8, 4) is 0 Å². The zero-order chi connectivity index (χ0) is 17.9. The second kappa shape index (κ2) is 6.60. The third-order valence-electron chi connectivity index (χ3n) is 3.98. The quantitative estimate of drug-likeness (QED) is 0.496. The van der Waals surface area contributed by atoms with E-state index >= 15 is 0 Å². The first kappa shape index (κ1) is 15.7. The first-order valence-corrected chi connectivity index (χ1v) is 8.09. The molecule has 2 heterocycles. The Kier molecular flexibility index (Phi) is 3.99. The molecule has 2 aromatic heterocycles. The molecule has 0 radical (unpaired) electrons. The lowest BCUT2D eigenvalue weighted by Crippen LogP contribution is -1.96. The zero-order valence-corrected chi connectivity index (χ0v) is 13.8. The highest BCUT2D eigenvalue weighted by Gasteiger charge is 2.10. The molecule has 0 aliphatic carbocycles. The average Bonchev–Trinajstić information content (AvgIpc) is 3.10. The molecular weight excluding hydrogens is 328 g/mol. The summed E-state index contributed by atoms with van der Waals surface area (Å²) in [6.07, 6.45) is 3.13. The molecule has 0 aliphatic heterocycles. The minimum atomic E-state index is -0.974. The smallest absolute Gasteiger partial charge is 0.337 e. The third kappa shape index (κ3) is 3.21. The summed E-state index contributed by atoms with van der Waals surface area (Å²) < 4.78 is 1.55. The Hall–Kier alpha value is -3.80. The van der Waals surface area contributed by atoms with Gasteiger partial charge in [0.25, 0.3) is 0 Å². The van der Waals surface area contributed by atoms with Gasteiger partial charge in [-0.15, -0.1) is 0 Å². The van der Waals surface area contributed by atoms with E-state index in [0.717, 1.165) is 22.7 Å². The van der Waals surface area contributed by atoms with Crippen LogP contribution in [-0.2, 0) is 0 Å². The number of carboxylic acids is 1. The predicted octanol–water partition coefficient (Wildman–Crippen LogP) is 4.52. The minimum Gasteiger partial charge on any atom is -0.478 e. The van der Waals surface area contributed by atoms with Crippen LogP contribution in [0.3, 0.4) is 0 Å². The summed E-state index contributed by atoms with van der Waals surface area (Å²) in [4.78, 5) is 11.2. The maximum Gasteiger partial charge on any atom is 0.337 e. The van der Waals surface area contributed by atoms with Gasteiger partial charge in [-0.25, -0.2) is 9.31 Å². The van der Waals surface area contributed by atoms with Gasteiger partial charge in [0.1, 0.15) is 0 Å². The van der Waals surface area contributed by atoms with Crippen LogP contribution in [-0.4, -0.2) is 20.7 Å². The van der Waals surface area contributed by atoms with Crippen LogP contribution >= 0.6 is 0 Å². The molecule has 0 fully saturated rings. The fourth-order valence-electron chi connectivity index (χ4n) is 2.72. The highest BCUT2D eigenvalue weighted by Crippen LogP contribution is 2.25. The molecule has 26 heavy (non-hydrogen) atoms. The zero-order valence-electron chi connectivity index (χ0n) is 13.8. The standard InChI is InChI=1S/C20H16N4O2/c25-20(26)14-12-19-18(10-11-21-24(19)13-14)23-17-8-6-16(7-9-17)22-15-4-2-1-3-5-15/h1-13,22-23H,(H,25,26). The van der Waals surface area contributed by atoms with Crippen molar-refractivity contribution in [3.05, 3.63) is 84.7 Å². The number of nitrogens with zero attached hydrogens (tertiary/aromatic N) is 2. The maximum atomic E-state index is 11.2. The van der Waals surface area contributed by atoms with E-state index in [0.29, 0.717) is 5.52 Å². The van der Waals surface area contributed by atoms with Gasteiger partial charge in [0.05, 0.1) is 16.8 Å². The molecular formula is C20H16N4O2. The number of para-hydroxylation sites is 1. The van der Waals surface area contributed by atoms with Crippen LogP contribution in [0.4, 0.5) is 22.7 Å². The Morgan fingerprint density at radius 1 is 0.885 bits per heavy atom. The van der Waals surface area contributed by atoms with Gasteiger partial charge in [-0.05, 0) is 48.5 Å². The monoisotopic (exact) mass is 344 g/mol. The van der Waals surface area contributed by atoms with E-state index in [9.17, 15) is 4.79 Å². The van der Waals surface area contributed by atoms with Crippen LogP contribution in [0.5, 0.6) is 0 Å². The van der Waals surface area contributed by atoms with Crippen molar-refractivity contribution >= 4 is 34.2 Å². The van der Waals surface area contributed by atoms with Crippen molar-refractivity contribution < 1.29 is 9.90 Å². The van der Waals surface area contributed by atoms with Crippen molar-refractivity contribution in [2.45, 2.75) is 0 Å². The first-order valence-electron chi connectivity index (χ1n) is 8.09. The number of hydrogen-bond acceptors (Lipinski definition) is 4. The van der Waals surface area contributed by atoms with Crippen molar-refractivity contribution in [3.63, 3.8) is 0 Å². The van der Waals surface area contributed by atoms with Crippen LogP contribution in [0.15, 0.2) is 79.1 Å². The van der Waals surface area contributed by atoms with Crippen molar-refractivity contribution in [1.82, 2.24) is 9.61 Å². The molecule has 4 rings (SSSR count). The molecule has 0 bridgehead atoms. The summed E-state index contributed by atoms with van der Waals surface area (Å²) in [7, 11) is 0. The van der Waals surface area contributed by atoms with Gasteiger partial charge in [-0.1, -0.05) is 18.2 Å². The summed E-state index contributed by atoms with van der Waals surface area (Å²) in [6, 6.07) is 21.3. The molecule has 0 unspecified atom stereocenters. The van der Waals surface area contributed by atoms with Crippen LogP contribution in [0.1, 0.15) is 10.4 Å². The minimum absolute atomic E-state index is 0.203. The number of aromatic nitrogens is 2. The van der Waals surface area contributed by atoms with Crippen LogP contribution in [0, 0.1) is 0 Å². The van der Waals surface area contributed by atoms with Crippen molar-refractivity contribution in [1.29, 1.82) is 0 Å². The topological polar surface area (TPSA) is 78.7 Å². The molecule has 0 atom stereocenters. The number of carboxylic acid groups (broad SMARTS) is 1. The van der Waals surface area contributed by atoms with E-state index in [4.69, 9.17) is 5.11 Å². The predicted molar refractivity (Wildman–Crippen MR) is 102 cm³/mol. The number of benzene rings is 2. The number of carbonyl (C=O) groups is 1. The number of rotatable bonds is 5. The Morgan fingerprint density at radius 3 is 2.23 bits per heavy atom. The number of anilines is 4. The van der Waals surface area contributed by atoms with E-state index in [-0.39, 0.29) is 5.56 Å². The SMILES string of the molecule is O=C(O)c1cc2c(Nc3ccc(Nc4ccccc4)cc3)ccnn2c1. The van der Waals surface area contributed by atoms with E-state index in [1.807, 2.05) is 60.7 Å². The molecule has 0 saturated heterocycles. The molecule has 128 valence electrons. The second-order valence-corrected chi connectivity index (χ2v) is 5.80. The molecule has 4 aromatic rings. The number of nitrogens with one attached hydrogen (secondary N) is 2. The van der Waals surface area contributed by atoms with E-state index in [2.05, 4.69) is 15.7 Å². The fraction of sp³-hybridized carbons (Fsp3) is 0. The van der Waals surface area contributed by atoms with Crippen LogP contribution < -0.4 is 10.6 Å². The normalized spacial score (nSPS) is 10.6. The van der Waals surface area contributed by atoms with E-state index < -0.39 is 5.97 Å². The number of aromatic carboxylic acids is 1. The van der Waals surface area contributed by atoms with Crippen molar-refractivity contribution in [2.75, 3.05) is 10.6 Å². The van der Waals surface area contributed by atoms with E-state index in [1.54, 1.807) is 16.8 Å². The summed E-state index contributed by atoms with van der Waals surface area (Å²) in [5.74, 6) is -0.974. The van der Waals surface area contributed by atoms with Crippen molar-refractivity contribution in [2.24, 2.45) is 0 Å². The highest BCUT2D eigenvalue weighted by atomic mass is 16.4. The highest BCUT2D eigenvalue weighted by molar-refractivity contribution is 5.91. The molecule has 0 aliphatic rings. The lowest BCUT2D eigenvalue weighted by atomic mass is 10.2. The Labute approximate surface area is 149 Å². The van der Waals surface area contributed by atoms with Gasteiger partial charge >= 0.3 is 5.97 Å². The Morgan fingerprint density at radius 2 is 1.54 bits per heavy atom. The molecule has 0 amide bonds. The lowest BCUT2D eigenvalue weighted by molar-refractivity contribution is 0.0697. The molecule has 6 nitrogen and oxygen atoms in total. The van der Waals surface area contributed by atoms with Gasteiger partial charge < -0.3 is 15.7 Å². The molecule has 6 heteroatoms. The molecule has 2 aromatic carbocycles. The van der Waals surface area contributed by atoms with Gasteiger partial charge in [-0.3, -0.25) is 0 Å². The number of fused-ring (bicyclic) bond motifs is 1. The maximum absolute atomic E-state index is 11.2. The summed E-state index contributed by atoms with van der Waals surface area (Å²) in [5.41, 5.74) is 4.60. The summed E-state index contributed by atoms with van der Waals surface area (Å²) in [5, 5.41) is 19.9. The average molecular weight is 344 g/mol. The Balaban J connectivity index is 1.56.